The van der Waals surface area contributed by atoms with Crippen LogP contribution in [0.4, 0.5) is 0 Å². The van der Waals surface area contributed by atoms with Crippen molar-refractivity contribution >= 4 is 21.6 Å². The van der Waals surface area contributed by atoms with Crippen molar-refractivity contribution < 1.29 is 13.9 Å². The van der Waals surface area contributed by atoms with Gasteiger partial charge in [-0.15, -0.1) is 11.3 Å². The highest BCUT2D eigenvalue weighted by Gasteiger charge is 2.31. The average Bonchev–Trinajstić information content (AvgIpc) is 3.58. The van der Waals surface area contributed by atoms with E-state index in [0.717, 1.165) is 24.3 Å². The molecule has 5 aromatic rings. The van der Waals surface area contributed by atoms with E-state index in [9.17, 15) is 4.79 Å². The summed E-state index contributed by atoms with van der Waals surface area (Å²) >= 11 is 1.46. The number of H-pyrrole nitrogens is 1. The molecular weight excluding hydrogens is 474 g/mol. The Morgan fingerprint density at radius 3 is 2.67 bits per heavy atom. The maximum absolute atomic E-state index is 13.1. The minimum absolute atomic E-state index is 0.0160. The first-order valence-electron chi connectivity index (χ1n) is 11.7. The summed E-state index contributed by atoms with van der Waals surface area (Å²) in [5.41, 5.74) is 4.20. The Balaban J connectivity index is 1.40. The van der Waals surface area contributed by atoms with E-state index >= 15 is 0 Å². The van der Waals surface area contributed by atoms with E-state index in [0.29, 0.717) is 34.1 Å². The van der Waals surface area contributed by atoms with E-state index in [4.69, 9.17) is 18.9 Å². The first kappa shape index (κ1) is 22.6. The Hall–Kier alpha value is -3.88. The second kappa shape index (κ2) is 9.29. The normalized spacial score (nSPS) is 15.7. The Kier molecular flexibility index (Phi) is 5.83. The van der Waals surface area contributed by atoms with E-state index in [-0.39, 0.29) is 11.6 Å². The van der Waals surface area contributed by atoms with Crippen LogP contribution >= 0.6 is 11.3 Å². The van der Waals surface area contributed by atoms with Gasteiger partial charge in [0.2, 0.25) is 0 Å². The molecule has 6 rings (SSSR count). The minimum atomic E-state index is -0.150. The molecule has 0 fully saturated rings. The molecule has 0 aliphatic carbocycles. The number of hydrogen-bond donors (Lipinski definition) is 1. The fourth-order valence-corrected chi connectivity index (χ4v) is 6.01. The lowest BCUT2D eigenvalue weighted by molar-refractivity contribution is 0.198. The molecule has 0 bridgehead atoms. The number of thiophene rings is 1. The molecule has 8 heteroatoms. The summed E-state index contributed by atoms with van der Waals surface area (Å²) in [6, 6.07) is 18.2. The largest absolute Gasteiger partial charge is 0.493 e. The highest BCUT2D eigenvalue weighted by molar-refractivity contribution is 7.17. The molecule has 0 amide bonds. The van der Waals surface area contributed by atoms with Gasteiger partial charge in [0.1, 0.15) is 16.4 Å². The molecule has 182 valence electrons. The molecule has 0 radical (unpaired) electrons. The Morgan fingerprint density at radius 2 is 1.92 bits per heavy atom. The number of furan rings is 1. The van der Waals surface area contributed by atoms with E-state index in [1.165, 1.54) is 28.0 Å². The third-order valence-electron chi connectivity index (χ3n) is 6.72. The molecule has 1 aliphatic rings. The first-order chi connectivity index (χ1) is 17.7. The number of fused-ring (bicyclic) bond motifs is 2. The zero-order valence-corrected chi connectivity index (χ0v) is 20.8. The summed E-state index contributed by atoms with van der Waals surface area (Å²) in [5.74, 6) is 2.75. The number of methoxy groups -OCH3 is 2. The number of rotatable bonds is 6. The third-order valence-corrected chi connectivity index (χ3v) is 7.59. The summed E-state index contributed by atoms with van der Waals surface area (Å²) in [7, 11) is 3.32. The summed E-state index contributed by atoms with van der Waals surface area (Å²) in [4.78, 5) is 24.1. The van der Waals surface area contributed by atoms with Gasteiger partial charge in [-0.25, -0.2) is 4.98 Å². The Labute approximate surface area is 211 Å². The number of aromatic amines is 1. The molecule has 36 heavy (non-hydrogen) atoms. The number of nitrogens with zero attached hydrogens (tertiary/aromatic N) is 2. The van der Waals surface area contributed by atoms with Crippen molar-refractivity contribution in [3.05, 3.63) is 99.1 Å². The van der Waals surface area contributed by atoms with Crippen LogP contribution in [0.25, 0.3) is 21.5 Å². The number of benzene rings is 2. The van der Waals surface area contributed by atoms with Gasteiger partial charge in [0.05, 0.1) is 38.5 Å². The molecule has 0 spiro atoms. The SMILES string of the molecule is COc1cc2c(cc1OC)C(c1ccccc1)N(Cc1nc3scc(-c4ccco4)c3c(=O)[nH]1)CC2. The number of aromatic nitrogens is 2. The topological polar surface area (TPSA) is 80.6 Å². The van der Waals surface area contributed by atoms with Crippen LogP contribution in [0.2, 0.25) is 0 Å². The van der Waals surface area contributed by atoms with Crippen LogP contribution in [0, 0.1) is 0 Å². The lowest BCUT2D eigenvalue weighted by atomic mass is 9.87. The van der Waals surface area contributed by atoms with Crippen molar-refractivity contribution in [2.75, 3.05) is 20.8 Å². The zero-order chi connectivity index (χ0) is 24.6. The monoisotopic (exact) mass is 499 g/mol. The maximum Gasteiger partial charge on any atom is 0.260 e. The van der Waals surface area contributed by atoms with Gasteiger partial charge in [0, 0.05) is 17.5 Å². The molecule has 2 aromatic carbocycles. The van der Waals surface area contributed by atoms with Gasteiger partial charge >= 0.3 is 0 Å². The van der Waals surface area contributed by atoms with Crippen LogP contribution in [-0.4, -0.2) is 35.6 Å². The van der Waals surface area contributed by atoms with Crippen LogP contribution < -0.4 is 15.0 Å². The smallest absolute Gasteiger partial charge is 0.260 e. The van der Waals surface area contributed by atoms with E-state index in [2.05, 4.69) is 46.3 Å². The second-order valence-electron chi connectivity index (χ2n) is 8.76. The molecule has 0 saturated heterocycles. The van der Waals surface area contributed by atoms with Crippen LogP contribution in [0.15, 0.2) is 75.5 Å². The molecule has 0 saturated carbocycles. The van der Waals surface area contributed by atoms with E-state index in [1.54, 1.807) is 20.5 Å². The van der Waals surface area contributed by atoms with Gasteiger partial charge in [-0.1, -0.05) is 30.3 Å². The number of nitrogens with one attached hydrogen (secondary N) is 1. The molecule has 4 heterocycles. The van der Waals surface area contributed by atoms with Gasteiger partial charge in [-0.3, -0.25) is 9.69 Å². The number of ether oxygens (including phenoxy) is 2. The lowest BCUT2D eigenvalue weighted by Crippen LogP contribution is -2.36. The fraction of sp³-hybridized carbons (Fsp3) is 0.214. The highest BCUT2D eigenvalue weighted by Crippen LogP contribution is 2.41. The van der Waals surface area contributed by atoms with Crippen LogP contribution in [0.5, 0.6) is 11.5 Å². The van der Waals surface area contributed by atoms with Crippen LogP contribution in [-0.2, 0) is 13.0 Å². The van der Waals surface area contributed by atoms with Crippen molar-refractivity contribution in [3.8, 4) is 22.8 Å². The van der Waals surface area contributed by atoms with Crippen molar-refractivity contribution in [2.24, 2.45) is 0 Å². The van der Waals surface area contributed by atoms with Gasteiger partial charge in [-0.05, 0) is 47.4 Å². The zero-order valence-electron chi connectivity index (χ0n) is 20.0. The first-order valence-corrected chi connectivity index (χ1v) is 12.6. The van der Waals surface area contributed by atoms with Crippen molar-refractivity contribution in [1.82, 2.24) is 14.9 Å². The predicted molar refractivity (Wildman–Crippen MR) is 140 cm³/mol. The summed E-state index contributed by atoms with van der Waals surface area (Å²) in [5, 5.41) is 2.50. The number of hydrogen-bond acceptors (Lipinski definition) is 7. The minimum Gasteiger partial charge on any atom is -0.493 e. The predicted octanol–water partition coefficient (Wildman–Crippen LogP) is 5.41. The lowest BCUT2D eigenvalue weighted by Gasteiger charge is -2.37. The molecular formula is C28H25N3O4S. The standard InChI is InChI=1S/C28H25N3O4S/c1-33-22-13-18-10-11-31(26(17-7-4-3-5-8-17)19(18)14-23(22)34-2)15-24-29-27(32)25-20(16-36-28(25)30-24)21-9-6-12-35-21/h3-9,12-14,16,26H,10-11,15H2,1-2H3,(H,29,30,32). The molecule has 1 N–H and O–H groups in total. The molecule has 1 atom stereocenters. The summed E-state index contributed by atoms with van der Waals surface area (Å²) < 4.78 is 16.7. The van der Waals surface area contributed by atoms with Gasteiger partial charge in [0.25, 0.3) is 5.56 Å². The fourth-order valence-electron chi connectivity index (χ4n) is 5.07. The van der Waals surface area contributed by atoms with E-state index < -0.39 is 0 Å². The third kappa shape index (κ3) is 3.88. The summed E-state index contributed by atoms with van der Waals surface area (Å²) in [6.45, 7) is 1.32. The Morgan fingerprint density at radius 1 is 1.11 bits per heavy atom. The molecule has 1 aliphatic heterocycles. The molecule has 1 unspecified atom stereocenters. The van der Waals surface area contributed by atoms with Crippen molar-refractivity contribution in [3.63, 3.8) is 0 Å². The van der Waals surface area contributed by atoms with Crippen LogP contribution in [0.1, 0.15) is 28.6 Å². The van der Waals surface area contributed by atoms with Gasteiger partial charge < -0.3 is 18.9 Å². The average molecular weight is 500 g/mol. The summed E-state index contributed by atoms with van der Waals surface area (Å²) in [6.07, 6.45) is 2.46. The quantitative estimate of drug-likeness (QED) is 0.337. The van der Waals surface area contributed by atoms with Crippen molar-refractivity contribution in [1.29, 1.82) is 0 Å². The van der Waals surface area contributed by atoms with E-state index in [1.807, 2.05) is 23.6 Å². The maximum atomic E-state index is 13.1. The van der Waals surface area contributed by atoms with Gasteiger partial charge in [-0.2, -0.15) is 0 Å². The highest BCUT2D eigenvalue weighted by atomic mass is 32.1. The Bertz CT molecular complexity index is 1570. The molecule has 3 aromatic heterocycles. The molecule has 7 nitrogen and oxygen atoms in total. The van der Waals surface area contributed by atoms with Crippen LogP contribution in [0.3, 0.4) is 0 Å². The van der Waals surface area contributed by atoms with Crippen molar-refractivity contribution in [2.45, 2.75) is 19.0 Å². The van der Waals surface area contributed by atoms with Gasteiger partial charge in [0.15, 0.2) is 11.5 Å². The second-order valence-corrected chi connectivity index (χ2v) is 9.62.